The number of morpholine rings is 1. The Morgan fingerprint density at radius 2 is 2.00 bits per heavy atom. The number of carbonyl (C=O) groups is 1. The average molecular weight is 652 g/mol. The Hall–Kier alpha value is -4.27. The summed E-state index contributed by atoms with van der Waals surface area (Å²) in [7, 11) is 0. The number of aromatic nitrogens is 5. The lowest BCUT2D eigenvalue weighted by Gasteiger charge is -2.26. The van der Waals surface area contributed by atoms with Gasteiger partial charge in [0, 0.05) is 60.5 Å². The summed E-state index contributed by atoms with van der Waals surface area (Å²) in [6.45, 7) is 6.49. The first-order valence-corrected chi connectivity index (χ1v) is 16.0. The van der Waals surface area contributed by atoms with Crippen LogP contribution in [-0.2, 0) is 22.5 Å². The smallest absolute Gasteiger partial charge is 0.264 e. The number of hydrogen-bond acceptors (Lipinski definition) is 8. The molecule has 2 aliphatic rings. The van der Waals surface area contributed by atoms with Gasteiger partial charge in [-0.3, -0.25) is 19.7 Å². The first kappa shape index (κ1) is 30.4. The molecule has 10 nitrogen and oxygen atoms in total. The van der Waals surface area contributed by atoms with Crippen molar-refractivity contribution in [3.05, 3.63) is 76.9 Å². The number of nitrogens with zero attached hydrogens (tertiary/aromatic N) is 6. The summed E-state index contributed by atoms with van der Waals surface area (Å²) in [6.07, 6.45) is 0.709. The molecule has 1 amide bonds. The fourth-order valence-electron chi connectivity index (χ4n) is 6.16. The molecule has 0 aliphatic carbocycles. The lowest BCUT2D eigenvalue weighted by atomic mass is 9.95. The van der Waals surface area contributed by atoms with Gasteiger partial charge in [0.05, 0.1) is 37.3 Å². The quantitative estimate of drug-likeness (QED) is 0.215. The van der Waals surface area contributed by atoms with Crippen molar-refractivity contribution in [2.45, 2.75) is 38.5 Å². The first-order valence-electron chi connectivity index (χ1n) is 15.1. The Kier molecular flexibility index (Phi) is 8.49. The molecule has 1 unspecified atom stereocenters. The van der Waals surface area contributed by atoms with E-state index in [1.807, 2.05) is 31.2 Å². The van der Waals surface area contributed by atoms with Gasteiger partial charge in [-0.1, -0.05) is 12.1 Å². The van der Waals surface area contributed by atoms with Crippen LogP contribution in [0.3, 0.4) is 0 Å². The predicted molar refractivity (Wildman–Crippen MR) is 167 cm³/mol. The molecule has 3 aromatic heterocycles. The third kappa shape index (κ3) is 5.99. The van der Waals surface area contributed by atoms with E-state index in [1.54, 1.807) is 16.1 Å². The van der Waals surface area contributed by atoms with E-state index >= 15 is 0 Å². The number of carbonyl (C=O) groups excluding carboxylic acids is 1. The highest BCUT2D eigenvalue weighted by Gasteiger charge is 2.35. The highest BCUT2D eigenvalue weighted by molar-refractivity contribution is 7.13. The van der Waals surface area contributed by atoms with Gasteiger partial charge in [0.15, 0.2) is 11.2 Å². The number of fused-ring (bicyclic) bond motifs is 2. The zero-order chi connectivity index (χ0) is 31.8. The van der Waals surface area contributed by atoms with Crippen molar-refractivity contribution in [3.63, 3.8) is 0 Å². The summed E-state index contributed by atoms with van der Waals surface area (Å²) in [5, 5.41) is 9.81. The molecule has 0 saturated carbocycles. The molecule has 2 aromatic carbocycles. The van der Waals surface area contributed by atoms with Crippen LogP contribution in [-0.4, -0.2) is 80.7 Å². The number of anilines is 1. The molecule has 0 bridgehead atoms. The number of aryl methyl sites for hydroxylation is 1. The van der Waals surface area contributed by atoms with E-state index in [9.17, 15) is 18.0 Å². The standard InChI is InChI=1S/C32H32F3N7O3S/c1-19-23(20-2-4-22(5-3-20)45-12-9-40-7-10-44-11-8-40)15-24(30(34)35)25-17-42(39-27(19)25)29(31(43)38-32-36-6-13-46-32)28-26-14-21(33)16-41(26)18-37-28/h2-6,13,15,17-18,21,29-30H,7-12,14,16H2,1H3,(H,36,38,43)/t21-,29?/m1/s1. The van der Waals surface area contributed by atoms with Gasteiger partial charge in [-0.25, -0.2) is 23.1 Å². The molecule has 1 saturated heterocycles. The van der Waals surface area contributed by atoms with Crippen molar-refractivity contribution in [2.24, 2.45) is 0 Å². The molecule has 2 atom stereocenters. The van der Waals surface area contributed by atoms with E-state index in [2.05, 4.69) is 20.2 Å². The predicted octanol–water partition coefficient (Wildman–Crippen LogP) is 5.44. The van der Waals surface area contributed by atoms with E-state index < -0.39 is 24.5 Å². The minimum Gasteiger partial charge on any atom is -0.492 e. The van der Waals surface area contributed by atoms with E-state index in [0.29, 0.717) is 45.5 Å². The summed E-state index contributed by atoms with van der Waals surface area (Å²) in [4.78, 5) is 24.6. The molecule has 14 heteroatoms. The van der Waals surface area contributed by atoms with Crippen molar-refractivity contribution < 1.29 is 27.4 Å². The zero-order valence-electron chi connectivity index (χ0n) is 25.0. The lowest BCUT2D eigenvalue weighted by Crippen LogP contribution is -2.38. The number of thiazole rings is 1. The molecule has 0 spiro atoms. The fraction of sp³-hybridized carbons (Fsp3) is 0.375. The monoisotopic (exact) mass is 651 g/mol. The highest BCUT2D eigenvalue weighted by atomic mass is 32.1. The number of nitrogens with one attached hydrogen (secondary N) is 1. The second-order valence-corrected chi connectivity index (χ2v) is 12.3. The van der Waals surface area contributed by atoms with Crippen LogP contribution in [0.5, 0.6) is 5.75 Å². The SMILES string of the molecule is Cc1c(-c2ccc(OCCN3CCOCC3)cc2)cc(C(F)F)c2cn(C(C(=O)Nc3nccs3)c3ncn4c3C[C@@H](F)C4)nc12. The van der Waals surface area contributed by atoms with Crippen LogP contribution in [0.2, 0.25) is 0 Å². The molecule has 1 N–H and O–H groups in total. The Morgan fingerprint density at radius 1 is 1.20 bits per heavy atom. The van der Waals surface area contributed by atoms with E-state index in [1.165, 1.54) is 34.6 Å². The van der Waals surface area contributed by atoms with Gasteiger partial charge >= 0.3 is 0 Å². The largest absolute Gasteiger partial charge is 0.492 e. The van der Waals surface area contributed by atoms with Gasteiger partial charge in [-0.15, -0.1) is 11.3 Å². The van der Waals surface area contributed by atoms with Crippen molar-refractivity contribution in [1.29, 1.82) is 0 Å². The lowest BCUT2D eigenvalue weighted by molar-refractivity contribution is -0.118. The number of alkyl halides is 3. The Morgan fingerprint density at radius 3 is 2.74 bits per heavy atom. The number of imidazole rings is 1. The third-order valence-electron chi connectivity index (χ3n) is 8.50. The summed E-state index contributed by atoms with van der Waals surface area (Å²) in [5.74, 6) is 0.179. The number of amides is 1. The van der Waals surface area contributed by atoms with Crippen LogP contribution < -0.4 is 10.1 Å². The second-order valence-electron chi connectivity index (χ2n) is 11.4. The maximum atomic E-state index is 14.6. The Bertz CT molecular complexity index is 1840. The second kappa shape index (κ2) is 12.9. The summed E-state index contributed by atoms with van der Waals surface area (Å²) in [6, 6.07) is 7.69. The fourth-order valence-corrected chi connectivity index (χ4v) is 6.69. The average Bonchev–Trinajstić information content (AvgIpc) is 3.85. The molecule has 5 aromatic rings. The molecule has 240 valence electrons. The first-order chi connectivity index (χ1) is 22.4. The number of hydrogen-bond donors (Lipinski definition) is 1. The normalized spacial score (nSPS) is 17.5. The van der Waals surface area contributed by atoms with Gasteiger partial charge < -0.3 is 14.0 Å². The molecule has 46 heavy (non-hydrogen) atoms. The molecule has 0 radical (unpaired) electrons. The third-order valence-corrected chi connectivity index (χ3v) is 9.19. The van der Waals surface area contributed by atoms with Crippen LogP contribution in [0.4, 0.5) is 18.3 Å². The minimum absolute atomic E-state index is 0.0928. The molecule has 5 heterocycles. The van der Waals surface area contributed by atoms with E-state index in [0.717, 1.165) is 38.4 Å². The van der Waals surface area contributed by atoms with Crippen molar-refractivity contribution in [1.82, 2.24) is 29.2 Å². The van der Waals surface area contributed by atoms with E-state index in [4.69, 9.17) is 14.6 Å². The summed E-state index contributed by atoms with van der Waals surface area (Å²) < 4.78 is 57.9. The Balaban J connectivity index is 1.22. The number of halogens is 3. The van der Waals surface area contributed by atoms with Crippen LogP contribution >= 0.6 is 11.3 Å². The van der Waals surface area contributed by atoms with Gasteiger partial charge in [-0.05, 0) is 41.8 Å². The molecular weight excluding hydrogens is 619 g/mol. The van der Waals surface area contributed by atoms with E-state index in [-0.39, 0.29) is 23.9 Å². The van der Waals surface area contributed by atoms with Gasteiger partial charge in [0.25, 0.3) is 12.3 Å². The van der Waals surface area contributed by atoms with Crippen LogP contribution in [0, 0.1) is 6.92 Å². The van der Waals surface area contributed by atoms with Crippen molar-refractivity contribution in [3.8, 4) is 16.9 Å². The van der Waals surface area contributed by atoms with Crippen molar-refractivity contribution in [2.75, 3.05) is 44.8 Å². The van der Waals surface area contributed by atoms with Crippen LogP contribution in [0.15, 0.2) is 54.4 Å². The highest BCUT2D eigenvalue weighted by Crippen LogP contribution is 2.38. The number of ether oxygens (including phenoxy) is 2. The maximum Gasteiger partial charge on any atom is 0.264 e. The minimum atomic E-state index is -2.80. The summed E-state index contributed by atoms with van der Waals surface area (Å²) in [5.41, 5.74) is 3.04. The molecule has 2 aliphatic heterocycles. The van der Waals surface area contributed by atoms with Gasteiger partial charge in [0.2, 0.25) is 0 Å². The number of rotatable bonds is 10. The van der Waals surface area contributed by atoms with Crippen LogP contribution in [0.1, 0.15) is 35.0 Å². The summed E-state index contributed by atoms with van der Waals surface area (Å²) >= 11 is 1.24. The van der Waals surface area contributed by atoms with Gasteiger partial charge in [0.1, 0.15) is 18.5 Å². The molecular formula is C32H32F3N7O3S. The van der Waals surface area contributed by atoms with Gasteiger partial charge in [-0.2, -0.15) is 5.10 Å². The zero-order valence-corrected chi connectivity index (χ0v) is 25.9. The Labute approximate surface area is 266 Å². The topological polar surface area (TPSA) is 99.3 Å². The van der Waals surface area contributed by atoms with Crippen molar-refractivity contribution >= 4 is 33.3 Å². The van der Waals surface area contributed by atoms with Crippen LogP contribution in [0.25, 0.3) is 22.0 Å². The maximum absolute atomic E-state index is 14.6. The number of benzene rings is 2. The molecule has 7 rings (SSSR count). The molecule has 1 fully saturated rings.